The predicted molar refractivity (Wildman–Crippen MR) is 128 cm³/mol. The van der Waals surface area contributed by atoms with Gasteiger partial charge in [-0.15, -0.1) is 0 Å². The molecular formula is C28H33NO3. The number of piperidine rings is 1. The molecule has 1 aliphatic heterocycles. The highest BCUT2D eigenvalue weighted by Gasteiger charge is 2.37. The van der Waals surface area contributed by atoms with Crippen LogP contribution in [-0.2, 0) is 13.0 Å². The summed E-state index contributed by atoms with van der Waals surface area (Å²) in [4.78, 5) is 0. The van der Waals surface area contributed by atoms with Crippen LogP contribution in [0.5, 0.6) is 11.5 Å². The van der Waals surface area contributed by atoms with Crippen LogP contribution in [0.25, 0.3) is 0 Å². The van der Waals surface area contributed by atoms with Crippen molar-refractivity contribution in [1.82, 2.24) is 5.32 Å². The third-order valence-electron chi connectivity index (χ3n) is 6.21. The van der Waals surface area contributed by atoms with Gasteiger partial charge in [-0.25, -0.2) is 0 Å². The second kappa shape index (κ2) is 10.2. The first-order valence-electron chi connectivity index (χ1n) is 11.4. The molecule has 3 unspecified atom stereocenters. The van der Waals surface area contributed by atoms with Gasteiger partial charge in [0.2, 0.25) is 0 Å². The van der Waals surface area contributed by atoms with Gasteiger partial charge >= 0.3 is 0 Å². The minimum absolute atomic E-state index is 0.0593. The fourth-order valence-electron chi connectivity index (χ4n) is 4.30. The van der Waals surface area contributed by atoms with Crippen LogP contribution < -0.4 is 14.8 Å². The van der Waals surface area contributed by atoms with Crippen molar-refractivity contribution < 1.29 is 14.6 Å². The Morgan fingerprint density at radius 3 is 2.34 bits per heavy atom. The van der Waals surface area contributed by atoms with Crippen molar-refractivity contribution in [3.8, 4) is 11.5 Å². The minimum atomic E-state index is -0.710. The lowest BCUT2D eigenvalue weighted by molar-refractivity contribution is -0.0206. The van der Waals surface area contributed by atoms with Crippen molar-refractivity contribution in [3.63, 3.8) is 0 Å². The lowest BCUT2D eigenvalue weighted by atomic mass is 9.81. The molecule has 0 aliphatic carbocycles. The van der Waals surface area contributed by atoms with Gasteiger partial charge in [0.05, 0.1) is 5.60 Å². The van der Waals surface area contributed by atoms with Crippen LogP contribution in [0, 0.1) is 6.92 Å². The average molecular weight is 432 g/mol. The molecule has 2 N–H and O–H groups in total. The van der Waals surface area contributed by atoms with E-state index in [4.69, 9.17) is 9.47 Å². The molecule has 0 saturated carbocycles. The zero-order valence-electron chi connectivity index (χ0n) is 19.0. The van der Waals surface area contributed by atoms with Crippen LogP contribution in [0.2, 0.25) is 0 Å². The summed E-state index contributed by atoms with van der Waals surface area (Å²) in [7, 11) is 0. The normalized spacial score (nSPS) is 21.7. The highest BCUT2D eigenvalue weighted by atomic mass is 16.5. The standard InChI is InChI=1S/C28H33NO3/c1-21-8-10-23(11-9-21)18-28(30)16-17-29-27(19-28)22(2)32-26-14-12-25(13-15-26)31-20-24-6-4-3-5-7-24/h3-15,22,27,29-30H,16-20H2,1-2H3. The lowest BCUT2D eigenvalue weighted by Gasteiger charge is -2.40. The SMILES string of the molecule is Cc1ccc(CC2(O)CCNC(C(C)Oc3ccc(OCc4ccccc4)cc3)C2)cc1. The maximum atomic E-state index is 11.3. The Balaban J connectivity index is 1.30. The van der Waals surface area contributed by atoms with Crippen LogP contribution in [0.1, 0.15) is 36.5 Å². The van der Waals surface area contributed by atoms with Gasteiger partial charge in [-0.2, -0.15) is 0 Å². The quantitative estimate of drug-likeness (QED) is 0.523. The highest BCUT2D eigenvalue weighted by Crippen LogP contribution is 2.29. The monoisotopic (exact) mass is 431 g/mol. The van der Waals surface area contributed by atoms with E-state index >= 15 is 0 Å². The second-order valence-corrected chi connectivity index (χ2v) is 8.97. The fourth-order valence-corrected chi connectivity index (χ4v) is 4.30. The van der Waals surface area contributed by atoms with Gasteiger partial charge in [0, 0.05) is 12.5 Å². The predicted octanol–water partition coefficient (Wildman–Crippen LogP) is 5.07. The molecule has 1 heterocycles. The number of hydrogen-bond donors (Lipinski definition) is 2. The van der Waals surface area contributed by atoms with E-state index in [1.54, 1.807) is 0 Å². The number of rotatable bonds is 8. The average Bonchev–Trinajstić information content (AvgIpc) is 2.81. The van der Waals surface area contributed by atoms with Crippen molar-refractivity contribution >= 4 is 0 Å². The van der Waals surface area contributed by atoms with Crippen molar-refractivity contribution in [2.45, 2.75) is 57.5 Å². The van der Waals surface area contributed by atoms with E-state index in [0.29, 0.717) is 19.4 Å². The Kier molecular flexibility index (Phi) is 7.13. The molecule has 0 spiro atoms. The zero-order valence-corrected chi connectivity index (χ0v) is 19.0. The zero-order chi connectivity index (χ0) is 22.4. The summed E-state index contributed by atoms with van der Waals surface area (Å²) in [6.07, 6.45) is 2.03. The topological polar surface area (TPSA) is 50.7 Å². The second-order valence-electron chi connectivity index (χ2n) is 8.97. The molecule has 4 rings (SSSR count). The largest absolute Gasteiger partial charge is 0.489 e. The molecule has 4 heteroatoms. The van der Waals surface area contributed by atoms with Crippen LogP contribution in [-0.4, -0.2) is 29.4 Å². The molecule has 1 aliphatic rings. The van der Waals surface area contributed by atoms with E-state index in [1.165, 1.54) is 11.1 Å². The van der Waals surface area contributed by atoms with Gasteiger partial charge in [-0.1, -0.05) is 60.2 Å². The van der Waals surface area contributed by atoms with Crippen molar-refractivity contribution in [2.75, 3.05) is 6.54 Å². The Hall–Kier alpha value is -2.82. The number of ether oxygens (including phenoxy) is 2. The van der Waals surface area contributed by atoms with E-state index in [-0.39, 0.29) is 12.1 Å². The van der Waals surface area contributed by atoms with Gasteiger partial charge < -0.3 is 19.9 Å². The third kappa shape index (κ3) is 6.12. The first-order valence-corrected chi connectivity index (χ1v) is 11.4. The molecule has 3 aromatic rings. The van der Waals surface area contributed by atoms with Gasteiger partial charge in [0.25, 0.3) is 0 Å². The number of aryl methyl sites for hydroxylation is 1. The summed E-state index contributed by atoms with van der Waals surface area (Å²) in [5.41, 5.74) is 2.85. The molecule has 0 amide bonds. The molecule has 32 heavy (non-hydrogen) atoms. The molecule has 3 atom stereocenters. The summed E-state index contributed by atoms with van der Waals surface area (Å²) in [6, 6.07) is 26.4. The van der Waals surface area contributed by atoms with Crippen LogP contribution in [0.3, 0.4) is 0 Å². The Bertz CT molecular complexity index is 972. The molecular weight excluding hydrogens is 398 g/mol. The molecule has 0 aromatic heterocycles. The van der Waals surface area contributed by atoms with Crippen molar-refractivity contribution in [1.29, 1.82) is 0 Å². The summed E-state index contributed by atoms with van der Waals surface area (Å²) < 4.78 is 12.1. The van der Waals surface area contributed by atoms with E-state index < -0.39 is 5.60 Å². The maximum absolute atomic E-state index is 11.3. The summed E-state index contributed by atoms with van der Waals surface area (Å²) >= 11 is 0. The Morgan fingerprint density at radius 1 is 0.938 bits per heavy atom. The lowest BCUT2D eigenvalue weighted by Crippen LogP contribution is -2.54. The minimum Gasteiger partial charge on any atom is -0.489 e. The third-order valence-corrected chi connectivity index (χ3v) is 6.21. The van der Waals surface area contributed by atoms with Crippen LogP contribution >= 0.6 is 0 Å². The molecule has 1 fully saturated rings. The van der Waals surface area contributed by atoms with Gasteiger partial charge in [-0.3, -0.25) is 0 Å². The summed E-state index contributed by atoms with van der Waals surface area (Å²) in [6.45, 7) is 5.48. The van der Waals surface area contributed by atoms with E-state index in [2.05, 4.69) is 55.6 Å². The Morgan fingerprint density at radius 2 is 1.62 bits per heavy atom. The number of nitrogens with one attached hydrogen (secondary N) is 1. The fraction of sp³-hybridized carbons (Fsp3) is 0.357. The number of hydrogen-bond acceptors (Lipinski definition) is 4. The van der Waals surface area contributed by atoms with Gasteiger partial charge in [0.1, 0.15) is 24.2 Å². The molecule has 0 bridgehead atoms. The van der Waals surface area contributed by atoms with Gasteiger partial charge in [0.15, 0.2) is 0 Å². The van der Waals surface area contributed by atoms with E-state index in [1.807, 2.05) is 42.5 Å². The Labute approximate surface area is 191 Å². The van der Waals surface area contributed by atoms with Gasteiger partial charge in [-0.05, 0) is 68.6 Å². The van der Waals surface area contributed by atoms with Crippen LogP contribution in [0.4, 0.5) is 0 Å². The smallest absolute Gasteiger partial charge is 0.120 e. The number of benzene rings is 3. The molecule has 3 aromatic carbocycles. The van der Waals surface area contributed by atoms with Crippen molar-refractivity contribution in [3.05, 3.63) is 95.6 Å². The first-order chi connectivity index (χ1) is 15.5. The highest BCUT2D eigenvalue weighted by molar-refractivity contribution is 5.32. The molecule has 0 radical (unpaired) electrons. The summed E-state index contributed by atoms with van der Waals surface area (Å²) in [5.74, 6) is 1.62. The number of aliphatic hydroxyl groups is 1. The first kappa shape index (κ1) is 22.4. The van der Waals surface area contributed by atoms with Crippen LogP contribution in [0.15, 0.2) is 78.9 Å². The van der Waals surface area contributed by atoms with Crippen molar-refractivity contribution in [2.24, 2.45) is 0 Å². The van der Waals surface area contributed by atoms with E-state index in [0.717, 1.165) is 30.0 Å². The van der Waals surface area contributed by atoms with E-state index in [9.17, 15) is 5.11 Å². The molecule has 168 valence electrons. The molecule has 4 nitrogen and oxygen atoms in total. The summed E-state index contributed by atoms with van der Waals surface area (Å²) in [5, 5.41) is 14.8. The maximum Gasteiger partial charge on any atom is 0.120 e. The molecule has 1 saturated heterocycles.